The van der Waals surface area contributed by atoms with Crippen molar-refractivity contribution < 1.29 is 0 Å². The van der Waals surface area contributed by atoms with Crippen molar-refractivity contribution in [3.05, 3.63) is 35.0 Å². The summed E-state index contributed by atoms with van der Waals surface area (Å²) in [6.07, 6.45) is 2.78. The Morgan fingerprint density at radius 3 is 2.79 bits per heavy atom. The lowest BCUT2D eigenvalue weighted by Crippen LogP contribution is -2.09. The highest BCUT2D eigenvalue weighted by atomic mass is 35.5. The van der Waals surface area contributed by atoms with Gasteiger partial charge in [0.1, 0.15) is 16.8 Å². The van der Waals surface area contributed by atoms with Gasteiger partial charge < -0.3 is 5.32 Å². The molecule has 0 atom stereocenters. The lowest BCUT2D eigenvalue weighted by molar-refractivity contribution is 0.741. The van der Waals surface area contributed by atoms with E-state index in [-0.39, 0.29) is 5.92 Å². The minimum absolute atomic E-state index is 0.259. The zero-order valence-electron chi connectivity index (χ0n) is 11.4. The molecule has 2 aromatic rings. The summed E-state index contributed by atoms with van der Waals surface area (Å²) in [6, 6.07) is 3.75. The van der Waals surface area contributed by atoms with E-state index in [0.717, 1.165) is 30.3 Å². The zero-order valence-corrected chi connectivity index (χ0v) is 12.1. The summed E-state index contributed by atoms with van der Waals surface area (Å²) in [5.74, 6) is 1.78. The van der Waals surface area contributed by atoms with Crippen molar-refractivity contribution in [2.75, 3.05) is 11.9 Å². The van der Waals surface area contributed by atoms with Crippen LogP contribution < -0.4 is 5.32 Å². The van der Waals surface area contributed by atoms with Crippen LogP contribution in [0.2, 0.25) is 5.15 Å². The first-order valence-corrected chi connectivity index (χ1v) is 6.69. The maximum atomic E-state index is 5.99. The van der Waals surface area contributed by atoms with Crippen LogP contribution in [-0.4, -0.2) is 26.3 Å². The van der Waals surface area contributed by atoms with E-state index in [9.17, 15) is 0 Å². The zero-order chi connectivity index (χ0) is 13.8. The molecule has 19 heavy (non-hydrogen) atoms. The average molecular weight is 280 g/mol. The largest absolute Gasteiger partial charge is 0.370 e. The number of aryl methyl sites for hydroxylation is 1. The van der Waals surface area contributed by atoms with Crippen LogP contribution >= 0.6 is 11.6 Å². The fourth-order valence-electron chi connectivity index (χ4n) is 1.70. The van der Waals surface area contributed by atoms with E-state index in [1.165, 1.54) is 0 Å². The van der Waals surface area contributed by atoms with Crippen molar-refractivity contribution in [1.29, 1.82) is 0 Å². The van der Waals surface area contributed by atoms with Crippen LogP contribution in [0.1, 0.15) is 31.3 Å². The Bertz CT molecular complexity index is 550. The highest BCUT2D eigenvalue weighted by Gasteiger charge is 2.07. The van der Waals surface area contributed by atoms with E-state index in [2.05, 4.69) is 20.4 Å². The second-order valence-electron chi connectivity index (χ2n) is 4.75. The first kappa shape index (κ1) is 13.8. The van der Waals surface area contributed by atoms with Gasteiger partial charge >= 0.3 is 0 Å². The van der Waals surface area contributed by atoms with Crippen LogP contribution in [-0.2, 0) is 13.5 Å². The van der Waals surface area contributed by atoms with Gasteiger partial charge in [-0.05, 0) is 6.07 Å². The number of hydrogen-bond acceptors (Lipinski definition) is 4. The molecule has 0 radical (unpaired) electrons. The Kier molecular flexibility index (Phi) is 4.37. The number of hydrogen-bond donors (Lipinski definition) is 1. The first-order valence-electron chi connectivity index (χ1n) is 6.31. The standard InChI is InChI=1S/C13H18ClN5/c1-9(2)13-16-11(14)8-12(17-13)15-6-4-10-5-7-19(3)18-10/h5,7-9H,4,6H2,1-3H3,(H,15,16,17). The summed E-state index contributed by atoms with van der Waals surface area (Å²) < 4.78 is 1.80. The number of halogens is 1. The number of nitrogens with one attached hydrogen (secondary N) is 1. The topological polar surface area (TPSA) is 55.6 Å². The van der Waals surface area contributed by atoms with Crippen LogP contribution in [0.15, 0.2) is 18.3 Å². The van der Waals surface area contributed by atoms with Gasteiger partial charge in [-0.3, -0.25) is 4.68 Å². The molecule has 102 valence electrons. The molecular weight excluding hydrogens is 262 g/mol. The fourth-order valence-corrected chi connectivity index (χ4v) is 1.89. The molecule has 0 aliphatic rings. The van der Waals surface area contributed by atoms with Crippen molar-refractivity contribution in [2.24, 2.45) is 7.05 Å². The fraction of sp³-hybridized carbons (Fsp3) is 0.462. The molecule has 0 unspecified atom stereocenters. The normalized spacial score (nSPS) is 11.0. The van der Waals surface area contributed by atoms with Gasteiger partial charge in [0.25, 0.3) is 0 Å². The molecule has 0 bridgehead atoms. The molecule has 2 rings (SSSR count). The van der Waals surface area contributed by atoms with Crippen molar-refractivity contribution in [1.82, 2.24) is 19.7 Å². The van der Waals surface area contributed by atoms with Crippen LogP contribution in [0.5, 0.6) is 0 Å². The van der Waals surface area contributed by atoms with Crippen molar-refractivity contribution in [2.45, 2.75) is 26.2 Å². The quantitative estimate of drug-likeness (QED) is 0.855. The molecule has 0 aliphatic carbocycles. The molecule has 0 amide bonds. The van der Waals surface area contributed by atoms with Crippen LogP contribution in [0.3, 0.4) is 0 Å². The minimum atomic E-state index is 0.259. The summed E-state index contributed by atoms with van der Waals surface area (Å²) in [6.45, 7) is 4.86. The van der Waals surface area contributed by atoms with Gasteiger partial charge in [0.05, 0.1) is 5.69 Å². The minimum Gasteiger partial charge on any atom is -0.370 e. The first-order chi connectivity index (χ1) is 9.04. The van der Waals surface area contributed by atoms with Gasteiger partial charge in [-0.25, -0.2) is 9.97 Å². The van der Waals surface area contributed by atoms with Gasteiger partial charge in [-0.15, -0.1) is 0 Å². The predicted octanol–water partition coefficient (Wildman–Crippen LogP) is 2.64. The lowest BCUT2D eigenvalue weighted by atomic mass is 10.2. The Morgan fingerprint density at radius 2 is 2.16 bits per heavy atom. The van der Waals surface area contributed by atoms with E-state index in [1.54, 1.807) is 10.7 Å². The average Bonchev–Trinajstić information content (AvgIpc) is 2.74. The summed E-state index contributed by atoms with van der Waals surface area (Å²) in [7, 11) is 1.91. The molecule has 5 nitrogen and oxygen atoms in total. The summed E-state index contributed by atoms with van der Waals surface area (Å²) in [5.41, 5.74) is 1.05. The molecule has 2 aromatic heterocycles. The summed E-state index contributed by atoms with van der Waals surface area (Å²) in [5, 5.41) is 8.05. The van der Waals surface area contributed by atoms with E-state index in [4.69, 9.17) is 11.6 Å². The van der Waals surface area contributed by atoms with Gasteiger partial charge in [-0.2, -0.15) is 5.10 Å². The summed E-state index contributed by atoms with van der Waals surface area (Å²) in [4.78, 5) is 8.64. The molecule has 2 heterocycles. The van der Waals surface area contributed by atoms with Gasteiger partial charge in [-0.1, -0.05) is 25.4 Å². The third-order valence-electron chi connectivity index (χ3n) is 2.68. The second kappa shape index (κ2) is 6.02. The third kappa shape index (κ3) is 3.92. The molecule has 0 spiro atoms. The molecule has 0 fully saturated rings. The number of nitrogens with zero attached hydrogens (tertiary/aromatic N) is 4. The lowest BCUT2D eigenvalue weighted by Gasteiger charge is -2.09. The maximum Gasteiger partial charge on any atom is 0.135 e. The van der Waals surface area contributed by atoms with E-state index in [0.29, 0.717) is 5.15 Å². The number of anilines is 1. The molecular formula is C13H18ClN5. The van der Waals surface area contributed by atoms with E-state index >= 15 is 0 Å². The Balaban J connectivity index is 1.95. The SMILES string of the molecule is CC(C)c1nc(Cl)cc(NCCc2ccn(C)n2)n1. The highest BCUT2D eigenvalue weighted by molar-refractivity contribution is 6.29. The predicted molar refractivity (Wildman–Crippen MR) is 76.5 cm³/mol. The van der Waals surface area contributed by atoms with Gasteiger partial charge in [0.15, 0.2) is 0 Å². The van der Waals surface area contributed by atoms with Crippen molar-refractivity contribution in [3.8, 4) is 0 Å². The van der Waals surface area contributed by atoms with E-state index < -0.39 is 0 Å². The molecule has 0 saturated carbocycles. The van der Waals surface area contributed by atoms with Crippen LogP contribution in [0, 0.1) is 0 Å². The maximum absolute atomic E-state index is 5.99. The molecule has 1 N–H and O–H groups in total. The van der Waals surface area contributed by atoms with Crippen molar-refractivity contribution in [3.63, 3.8) is 0 Å². The van der Waals surface area contributed by atoms with Crippen LogP contribution in [0.25, 0.3) is 0 Å². The highest BCUT2D eigenvalue weighted by Crippen LogP contribution is 2.16. The number of aromatic nitrogens is 4. The Morgan fingerprint density at radius 1 is 1.37 bits per heavy atom. The van der Waals surface area contributed by atoms with Gasteiger partial charge in [0.2, 0.25) is 0 Å². The molecule has 6 heteroatoms. The smallest absolute Gasteiger partial charge is 0.135 e. The second-order valence-corrected chi connectivity index (χ2v) is 5.13. The van der Waals surface area contributed by atoms with Gasteiger partial charge in [0, 0.05) is 38.2 Å². The number of rotatable bonds is 5. The van der Waals surface area contributed by atoms with Crippen molar-refractivity contribution >= 4 is 17.4 Å². The third-order valence-corrected chi connectivity index (χ3v) is 2.88. The Hall–Kier alpha value is -1.62. The van der Waals surface area contributed by atoms with E-state index in [1.807, 2.05) is 33.2 Å². The molecule has 0 aliphatic heterocycles. The molecule has 0 saturated heterocycles. The summed E-state index contributed by atoms with van der Waals surface area (Å²) >= 11 is 5.99. The van der Waals surface area contributed by atoms with Crippen LogP contribution in [0.4, 0.5) is 5.82 Å². The monoisotopic (exact) mass is 279 g/mol. The Labute approximate surface area is 118 Å². The molecule has 0 aromatic carbocycles.